The summed E-state index contributed by atoms with van der Waals surface area (Å²) in [4.78, 5) is 11.2. The van der Waals surface area contributed by atoms with Gasteiger partial charge in [-0.2, -0.15) is 4.31 Å². The Labute approximate surface area is 173 Å². The number of aromatic nitrogens is 2. The van der Waals surface area contributed by atoms with Crippen LogP contribution in [0.5, 0.6) is 0 Å². The van der Waals surface area contributed by atoms with Gasteiger partial charge in [0.25, 0.3) is 0 Å². The number of sulfonamides is 1. The summed E-state index contributed by atoms with van der Waals surface area (Å²) in [7, 11) is -3.13. The molecule has 0 radical (unpaired) electrons. The minimum atomic E-state index is -3.13. The van der Waals surface area contributed by atoms with E-state index in [1.807, 2.05) is 0 Å². The van der Waals surface area contributed by atoms with Crippen LogP contribution in [0, 0.1) is 11.8 Å². The van der Waals surface area contributed by atoms with E-state index in [4.69, 9.17) is 0 Å². The number of allylic oxidation sites excluding steroid dienone is 2. The Balaban J connectivity index is 1.47. The largest absolute Gasteiger partial charge is 0.354 e. The van der Waals surface area contributed by atoms with Crippen molar-refractivity contribution in [1.29, 1.82) is 0 Å². The third-order valence-electron chi connectivity index (χ3n) is 6.39. The average Bonchev–Trinajstić information content (AvgIpc) is 3.10. The van der Waals surface area contributed by atoms with E-state index in [0.29, 0.717) is 44.1 Å². The first-order valence-corrected chi connectivity index (χ1v) is 12.3. The number of hydrogen-bond donors (Lipinski definition) is 2. The first kappa shape index (κ1) is 20.7. The van der Waals surface area contributed by atoms with Gasteiger partial charge in [-0.05, 0) is 44.9 Å². The Hall–Kier alpha value is -1.55. The molecule has 9 heteroatoms. The van der Waals surface area contributed by atoms with Gasteiger partial charge in [0, 0.05) is 38.3 Å². The van der Waals surface area contributed by atoms with E-state index >= 15 is 0 Å². The first-order valence-electron chi connectivity index (χ1n) is 10.5. The van der Waals surface area contributed by atoms with Gasteiger partial charge in [0.15, 0.2) is 0 Å². The van der Waals surface area contributed by atoms with Crippen molar-refractivity contribution in [3.63, 3.8) is 0 Å². The lowest BCUT2D eigenvalue weighted by atomic mass is 9.75. The maximum atomic E-state index is 11.7. The van der Waals surface area contributed by atoms with Crippen molar-refractivity contribution in [2.24, 2.45) is 11.8 Å². The van der Waals surface area contributed by atoms with Crippen LogP contribution in [-0.4, -0.2) is 61.2 Å². The number of piperazine rings is 1. The third-order valence-corrected chi connectivity index (χ3v) is 7.69. The van der Waals surface area contributed by atoms with Gasteiger partial charge < -0.3 is 4.90 Å². The van der Waals surface area contributed by atoms with E-state index < -0.39 is 10.0 Å². The molecule has 160 valence electrons. The van der Waals surface area contributed by atoms with Crippen molar-refractivity contribution in [3.8, 4) is 0 Å². The summed E-state index contributed by atoms with van der Waals surface area (Å²) < 4.78 is 25.0. The molecular formula is C20H32N6O2S. The van der Waals surface area contributed by atoms with E-state index in [-0.39, 0.29) is 6.04 Å². The quantitative estimate of drug-likeness (QED) is 0.713. The minimum Gasteiger partial charge on any atom is -0.354 e. The molecular weight excluding hydrogens is 388 g/mol. The Bertz CT molecular complexity index is 861. The fourth-order valence-electron chi connectivity index (χ4n) is 4.96. The predicted octanol–water partition coefficient (Wildman–Crippen LogP) is 1.46. The smallest absolute Gasteiger partial charge is 0.211 e. The molecule has 1 aromatic rings. The summed E-state index contributed by atoms with van der Waals surface area (Å²) in [5, 5.41) is 0. The van der Waals surface area contributed by atoms with Crippen LogP contribution in [0.1, 0.15) is 44.8 Å². The maximum Gasteiger partial charge on any atom is 0.211 e. The molecule has 2 N–H and O–H groups in total. The number of hydrogen-bond acceptors (Lipinski definition) is 7. The van der Waals surface area contributed by atoms with Crippen molar-refractivity contribution < 1.29 is 8.42 Å². The SMILES string of the molecule is CC(C)=CC1CCC2NNC(c3cc(N4CCN(S(C)(=O)=O)CC4)ncn3)C2C1. The molecule has 8 nitrogen and oxygen atoms in total. The number of rotatable bonds is 4. The third kappa shape index (κ3) is 4.63. The normalized spacial score (nSPS) is 30.8. The summed E-state index contributed by atoms with van der Waals surface area (Å²) >= 11 is 0. The number of nitrogens with zero attached hydrogens (tertiary/aromatic N) is 4. The van der Waals surface area contributed by atoms with Gasteiger partial charge in [-0.25, -0.2) is 23.8 Å². The molecule has 0 amide bonds. The van der Waals surface area contributed by atoms with Gasteiger partial charge in [0.2, 0.25) is 10.0 Å². The molecule has 1 aromatic heterocycles. The van der Waals surface area contributed by atoms with Gasteiger partial charge in [-0.1, -0.05) is 11.6 Å². The summed E-state index contributed by atoms with van der Waals surface area (Å²) in [6.45, 7) is 6.64. The van der Waals surface area contributed by atoms with Crippen LogP contribution in [0.2, 0.25) is 0 Å². The highest BCUT2D eigenvalue weighted by Crippen LogP contribution is 2.40. The van der Waals surface area contributed by atoms with E-state index in [1.165, 1.54) is 29.0 Å². The zero-order chi connectivity index (χ0) is 20.6. The summed E-state index contributed by atoms with van der Waals surface area (Å²) in [5.41, 5.74) is 9.37. The topological polar surface area (TPSA) is 90.5 Å². The lowest BCUT2D eigenvalue weighted by Gasteiger charge is -2.34. The van der Waals surface area contributed by atoms with Crippen molar-refractivity contribution in [2.45, 2.75) is 45.2 Å². The second-order valence-corrected chi connectivity index (χ2v) is 10.8. The second-order valence-electron chi connectivity index (χ2n) is 8.80. The molecule has 4 unspecified atom stereocenters. The van der Waals surface area contributed by atoms with Crippen LogP contribution in [0.15, 0.2) is 24.0 Å². The molecule has 3 heterocycles. The van der Waals surface area contributed by atoms with Gasteiger partial charge >= 0.3 is 0 Å². The first-order chi connectivity index (χ1) is 13.8. The van der Waals surface area contributed by atoms with Crippen LogP contribution in [-0.2, 0) is 10.0 Å². The lowest BCUT2D eigenvalue weighted by molar-refractivity contribution is 0.261. The number of anilines is 1. The highest BCUT2D eigenvalue weighted by Gasteiger charge is 2.41. The molecule has 4 rings (SSSR count). The molecule has 0 bridgehead atoms. The highest BCUT2D eigenvalue weighted by molar-refractivity contribution is 7.88. The number of fused-ring (bicyclic) bond motifs is 1. The van der Waals surface area contributed by atoms with Crippen LogP contribution in [0.25, 0.3) is 0 Å². The maximum absolute atomic E-state index is 11.7. The molecule has 3 aliphatic rings. The van der Waals surface area contributed by atoms with E-state index in [2.05, 4.69) is 51.7 Å². The Morgan fingerprint density at radius 1 is 1.14 bits per heavy atom. The van der Waals surface area contributed by atoms with Gasteiger partial charge in [0.1, 0.15) is 12.1 Å². The zero-order valence-corrected chi connectivity index (χ0v) is 18.3. The van der Waals surface area contributed by atoms with Gasteiger partial charge in [-0.15, -0.1) is 0 Å². The molecule has 2 aliphatic heterocycles. The van der Waals surface area contributed by atoms with Crippen LogP contribution < -0.4 is 15.8 Å². The van der Waals surface area contributed by atoms with E-state index in [1.54, 1.807) is 6.33 Å². The van der Waals surface area contributed by atoms with E-state index in [0.717, 1.165) is 17.9 Å². The summed E-state index contributed by atoms with van der Waals surface area (Å²) in [6, 6.07) is 2.73. The van der Waals surface area contributed by atoms with Crippen molar-refractivity contribution >= 4 is 15.8 Å². The molecule has 1 aliphatic carbocycles. The van der Waals surface area contributed by atoms with Crippen LogP contribution in [0.4, 0.5) is 5.82 Å². The van der Waals surface area contributed by atoms with Crippen molar-refractivity contribution in [3.05, 3.63) is 29.7 Å². The molecule has 0 spiro atoms. The lowest BCUT2D eigenvalue weighted by Crippen LogP contribution is -2.48. The fourth-order valence-corrected chi connectivity index (χ4v) is 5.79. The highest BCUT2D eigenvalue weighted by atomic mass is 32.2. The van der Waals surface area contributed by atoms with Crippen molar-refractivity contribution in [1.82, 2.24) is 25.1 Å². The zero-order valence-electron chi connectivity index (χ0n) is 17.5. The average molecular weight is 421 g/mol. The standard InChI is InChI=1S/C20H32N6O2S/c1-14(2)10-15-4-5-17-16(11-15)20(24-23-17)18-12-19(22-13-21-18)25-6-8-26(9-7-25)29(3,27)28/h10,12-13,15-17,20,23-24H,4-9,11H2,1-3H3. The molecule has 0 aromatic carbocycles. The minimum absolute atomic E-state index is 0.174. The van der Waals surface area contributed by atoms with Gasteiger partial charge in [0.05, 0.1) is 18.0 Å². The molecule has 3 fully saturated rings. The fraction of sp³-hybridized carbons (Fsp3) is 0.700. The Kier molecular flexibility index (Phi) is 5.92. The van der Waals surface area contributed by atoms with Crippen LogP contribution in [0.3, 0.4) is 0 Å². The Morgan fingerprint density at radius 2 is 1.90 bits per heavy atom. The number of nitrogens with one attached hydrogen (secondary N) is 2. The molecule has 4 atom stereocenters. The molecule has 1 saturated carbocycles. The van der Waals surface area contributed by atoms with Crippen LogP contribution >= 0.6 is 0 Å². The summed E-state index contributed by atoms with van der Waals surface area (Å²) in [6.07, 6.45) is 8.89. The monoisotopic (exact) mass is 420 g/mol. The molecule has 2 saturated heterocycles. The van der Waals surface area contributed by atoms with E-state index in [9.17, 15) is 8.42 Å². The number of hydrazine groups is 1. The molecule has 29 heavy (non-hydrogen) atoms. The van der Waals surface area contributed by atoms with Gasteiger partial charge in [-0.3, -0.25) is 5.43 Å². The van der Waals surface area contributed by atoms with Crippen molar-refractivity contribution in [2.75, 3.05) is 37.3 Å². The summed E-state index contributed by atoms with van der Waals surface area (Å²) in [5.74, 6) is 2.02. The predicted molar refractivity (Wildman–Crippen MR) is 114 cm³/mol. The second kappa shape index (κ2) is 8.29. The Morgan fingerprint density at radius 3 is 2.59 bits per heavy atom.